The number of carboxylic acids is 1. The molecule has 1 rings (SSSR count). The van der Waals surface area contributed by atoms with Crippen LogP contribution in [0.15, 0.2) is 0 Å². The molecule has 1 aliphatic rings. The van der Waals surface area contributed by atoms with Gasteiger partial charge in [-0.1, -0.05) is 32.6 Å². The maximum absolute atomic E-state index is 11.9. The Labute approximate surface area is 127 Å². The topological polar surface area (TPSA) is 78.4 Å². The van der Waals surface area contributed by atoms with E-state index in [1.807, 2.05) is 0 Å². The van der Waals surface area contributed by atoms with Crippen LogP contribution in [-0.4, -0.2) is 29.2 Å². The van der Waals surface area contributed by atoms with Crippen LogP contribution < -0.4 is 10.6 Å². The third-order valence-corrected chi connectivity index (χ3v) is 4.55. The summed E-state index contributed by atoms with van der Waals surface area (Å²) in [6.07, 6.45) is 8.43. The van der Waals surface area contributed by atoms with Crippen molar-refractivity contribution in [1.29, 1.82) is 0 Å². The van der Waals surface area contributed by atoms with Crippen molar-refractivity contribution >= 4 is 12.0 Å². The first-order valence-electron chi connectivity index (χ1n) is 8.23. The van der Waals surface area contributed by atoms with Gasteiger partial charge in [-0.05, 0) is 38.5 Å². The van der Waals surface area contributed by atoms with Crippen LogP contribution in [0.1, 0.15) is 71.6 Å². The van der Waals surface area contributed by atoms with Gasteiger partial charge in [-0.2, -0.15) is 0 Å². The standard InChI is InChI=1S/C16H30N2O3/c1-3-13(7-8-14(19)20)9-12-17-15(21)18-16(2)10-5-4-6-11-16/h13H,3-12H2,1-2H3,(H,19,20)(H2,17,18,21). The Morgan fingerprint density at radius 2 is 1.86 bits per heavy atom. The number of carbonyl (C=O) groups excluding carboxylic acids is 1. The summed E-state index contributed by atoms with van der Waals surface area (Å²) in [7, 11) is 0. The van der Waals surface area contributed by atoms with Crippen molar-refractivity contribution in [2.24, 2.45) is 5.92 Å². The third-order valence-electron chi connectivity index (χ3n) is 4.55. The van der Waals surface area contributed by atoms with Crippen molar-refractivity contribution in [2.45, 2.75) is 77.2 Å². The van der Waals surface area contributed by atoms with Gasteiger partial charge in [0.25, 0.3) is 0 Å². The molecule has 21 heavy (non-hydrogen) atoms. The molecule has 3 N–H and O–H groups in total. The van der Waals surface area contributed by atoms with Crippen LogP contribution in [0, 0.1) is 5.92 Å². The number of carboxylic acid groups (broad SMARTS) is 1. The maximum atomic E-state index is 11.9. The predicted octanol–water partition coefficient (Wildman–Crippen LogP) is 3.29. The van der Waals surface area contributed by atoms with Crippen molar-refractivity contribution in [1.82, 2.24) is 10.6 Å². The predicted molar refractivity (Wildman–Crippen MR) is 83.3 cm³/mol. The Hall–Kier alpha value is -1.26. The van der Waals surface area contributed by atoms with Crippen molar-refractivity contribution < 1.29 is 14.7 Å². The lowest BCUT2D eigenvalue weighted by molar-refractivity contribution is -0.137. The molecule has 5 nitrogen and oxygen atoms in total. The minimum Gasteiger partial charge on any atom is -0.481 e. The van der Waals surface area contributed by atoms with E-state index in [2.05, 4.69) is 24.5 Å². The van der Waals surface area contributed by atoms with E-state index in [4.69, 9.17) is 5.11 Å². The highest BCUT2D eigenvalue weighted by Gasteiger charge is 2.28. The van der Waals surface area contributed by atoms with Crippen LogP contribution in [0.4, 0.5) is 4.79 Å². The van der Waals surface area contributed by atoms with Gasteiger partial charge in [0.1, 0.15) is 0 Å². The Morgan fingerprint density at radius 1 is 1.19 bits per heavy atom. The molecule has 2 amide bonds. The third kappa shape index (κ3) is 7.34. The molecule has 0 aromatic rings. The van der Waals surface area contributed by atoms with E-state index in [-0.39, 0.29) is 18.0 Å². The summed E-state index contributed by atoms with van der Waals surface area (Å²) in [6.45, 7) is 4.79. The zero-order valence-corrected chi connectivity index (χ0v) is 13.4. The number of nitrogens with one attached hydrogen (secondary N) is 2. The average molecular weight is 298 g/mol. The molecule has 0 bridgehead atoms. The van der Waals surface area contributed by atoms with Crippen molar-refractivity contribution in [3.63, 3.8) is 0 Å². The molecule has 0 heterocycles. The molecule has 1 saturated carbocycles. The summed E-state index contributed by atoms with van der Waals surface area (Å²) < 4.78 is 0. The second-order valence-corrected chi connectivity index (χ2v) is 6.50. The average Bonchev–Trinajstić information content (AvgIpc) is 2.42. The molecular formula is C16H30N2O3. The highest BCUT2D eigenvalue weighted by atomic mass is 16.4. The second-order valence-electron chi connectivity index (χ2n) is 6.50. The van der Waals surface area contributed by atoms with E-state index in [0.29, 0.717) is 18.9 Å². The van der Waals surface area contributed by atoms with E-state index in [1.165, 1.54) is 19.3 Å². The summed E-state index contributed by atoms with van der Waals surface area (Å²) in [5.74, 6) is -0.379. The first kappa shape index (κ1) is 17.8. The van der Waals surface area contributed by atoms with E-state index in [9.17, 15) is 9.59 Å². The van der Waals surface area contributed by atoms with Gasteiger partial charge in [0.05, 0.1) is 0 Å². The molecule has 122 valence electrons. The summed E-state index contributed by atoms with van der Waals surface area (Å²) in [5.41, 5.74) is -0.0597. The summed E-state index contributed by atoms with van der Waals surface area (Å²) >= 11 is 0. The van der Waals surface area contributed by atoms with Gasteiger partial charge in [0, 0.05) is 18.5 Å². The first-order chi connectivity index (χ1) is 9.95. The molecule has 0 aromatic heterocycles. The smallest absolute Gasteiger partial charge is 0.315 e. The zero-order chi connectivity index (χ0) is 15.7. The Kier molecular flexibility index (Phi) is 7.54. The quantitative estimate of drug-likeness (QED) is 0.643. The van der Waals surface area contributed by atoms with Gasteiger partial charge in [0.2, 0.25) is 0 Å². The Morgan fingerprint density at radius 3 is 2.43 bits per heavy atom. The summed E-state index contributed by atoms with van der Waals surface area (Å²) in [4.78, 5) is 22.5. The number of urea groups is 1. The highest BCUT2D eigenvalue weighted by Crippen LogP contribution is 2.27. The number of aliphatic carboxylic acids is 1. The molecule has 1 unspecified atom stereocenters. The molecule has 1 atom stereocenters. The van der Waals surface area contributed by atoms with E-state index in [1.54, 1.807) is 0 Å². The molecule has 5 heteroatoms. The van der Waals surface area contributed by atoms with Gasteiger partial charge >= 0.3 is 12.0 Å². The monoisotopic (exact) mass is 298 g/mol. The fourth-order valence-corrected chi connectivity index (χ4v) is 3.05. The number of hydrogen-bond donors (Lipinski definition) is 3. The Bertz CT molecular complexity index is 338. The van der Waals surface area contributed by atoms with E-state index < -0.39 is 5.97 Å². The van der Waals surface area contributed by atoms with Crippen molar-refractivity contribution in [3.05, 3.63) is 0 Å². The number of carbonyl (C=O) groups is 2. The zero-order valence-electron chi connectivity index (χ0n) is 13.4. The van der Waals surface area contributed by atoms with Gasteiger partial charge in [-0.15, -0.1) is 0 Å². The summed E-state index contributed by atoms with van der Waals surface area (Å²) in [5, 5.41) is 14.7. The molecule has 0 aliphatic heterocycles. The van der Waals surface area contributed by atoms with E-state index in [0.717, 1.165) is 25.7 Å². The first-order valence-corrected chi connectivity index (χ1v) is 8.23. The van der Waals surface area contributed by atoms with Gasteiger partial charge in [-0.3, -0.25) is 4.79 Å². The van der Waals surface area contributed by atoms with Crippen LogP contribution >= 0.6 is 0 Å². The largest absolute Gasteiger partial charge is 0.481 e. The molecule has 0 aromatic carbocycles. The van der Waals surface area contributed by atoms with Crippen LogP contribution in [0.3, 0.4) is 0 Å². The maximum Gasteiger partial charge on any atom is 0.315 e. The van der Waals surface area contributed by atoms with Crippen LogP contribution in [0.5, 0.6) is 0 Å². The fourth-order valence-electron chi connectivity index (χ4n) is 3.05. The minimum atomic E-state index is -0.746. The van der Waals surface area contributed by atoms with Gasteiger partial charge < -0.3 is 15.7 Å². The van der Waals surface area contributed by atoms with Crippen molar-refractivity contribution in [3.8, 4) is 0 Å². The van der Waals surface area contributed by atoms with Crippen LogP contribution in [0.25, 0.3) is 0 Å². The lowest BCUT2D eigenvalue weighted by Gasteiger charge is -2.34. The van der Waals surface area contributed by atoms with Crippen LogP contribution in [-0.2, 0) is 4.79 Å². The molecular weight excluding hydrogens is 268 g/mol. The molecule has 1 fully saturated rings. The summed E-state index contributed by atoms with van der Waals surface area (Å²) in [6, 6.07) is -0.0903. The lowest BCUT2D eigenvalue weighted by atomic mass is 9.83. The minimum absolute atomic E-state index is 0.0597. The SMILES string of the molecule is CCC(CCNC(=O)NC1(C)CCCCC1)CCC(=O)O. The molecule has 0 radical (unpaired) electrons. The van der Waals surface area contributed by atoms with Crippen LogP contribution in [0.2, 0.25) is 0 Å². The van der Waals surface area contributed by atoms with Gasteiger partial charge in [-0.25, -0.2) is 4.79 Å². The molecule has 0 saturated heterocycles. The number of amides is 2. The fraction of sp³-hybridized carbons (Fsp3) is 0.875. The highest BCUT2D eigenvalue weighted by molar-refractivity contribution is 5.74. The normalized spacial score (nSPS) is 18.8. The number of hydrogen-bond acceptors (Lipinski definition) is 2. The lowest BCUT2D eigenvalue weighted by Crippen LogP contribution is -2.51. The van der Waals surface area contributed by atoms with E-state index >= 15 is 0 Å². The molecule has 0 spiro atoms. The van der Waals surface area contributed by atoms with Gasteiger partial charge in [0.15, 0.2) is 0 Å². The number of rotatable bonds is 8. The Balaban J connectivity index is 2.21. The molecule has 1 aliphatic carbocycles. The second kappa shape index (κ2) is 8.90. The van der Waals surface area contributed by atoms with Crippen molar-refractivity contribution in [2.75, 3.05) is 6.54 Å².